The number of hydrogen-bond donors (Lipinski definition) is 0. The quantitative estimate of drug-likeness (QED) is 0.582. The van der Waals surface area contributed by atoms with E-state index < -0.39 is 6.08 Å². The van der Waals surface area contributed by atoms with Crippen LogP contribution in [0.5, 0.6) is 0 Å². The molecule has 0 saturated carbocycles. The minimum atomic E-state index is -1.74. The van der Waals surface area contributed by atoms with E-state index >= 15 is 0 Å². The molecule has 0 N–H and O–H groups in total. The van der Waals surface area contributed by atoms with Crippen LogP contribution in [0.25, 0.3) is 6.08 Å². The molecule has 0 atom stereocenters. The van der Waals surface area contributed by atoms with Crippen molar-refractivity contribution in [2.75, 3.05) is 0 Å². The molecule has 0 bridgehead atoms. The van der Waals surface area contributed by atoms with Gasteiger partial charge in [-0.3, -0.25) is 4.98 Å². The highest BCUT2D eigenvalue weighted by molar-refractivity contribution is 5.43. The van der Waals surface area contributed by atoms with Gasteiger partial charge >= 0.3 is 0 Å². The molecule has 51 valence electrons. The van der Waals surface area contributed by atoms with Crippen molar-refractivity contribution < 1.29 is 8.78 Å². The average Bonchev–Trinajstić information content (AvgIpc) is 1.88. The van der Waals surface area contributed by atoms with Gasteiger partial charge in [0.2, 0.25) is 0 Å². The van der Waals surface area contributed by atoms with Gasteiger partial charge in [0.15, 0.2) is 0 Å². The minimum Gasteiger partial charge on any atom is -0.256 e. The van der Waals surface area contributed by atoms with Gasteiger partial charge in [0, 0.05) is 18.3 Å². The summed E-state index contributed by atoms with van der Waals surface area (Å²) in [4.78, 5) is 3.61. The largest absolute Gasteiger partial charge is 0.272 e. The van der Waals surface area contributed by atoms with Crippen LogP contribution in [0.4, 0.5) is 8.78 Å². The molecule has 1 heterocycles. The summed E-state index contributed by atoms with van der Waals surface area (Å²) < 4.78 is 23.1. The first-order valence-corrected chi connectivity index (χ1v) is 2.64. The Morgan fingerprint density at radius 1 is 1.60 bits per heavy atom. The second kappa shape index (κ2) is 3.06. The fraction of sp³-hybridized carbons (Fsp3) is 0. The van der Waals surface area contributed by atoms with E-state index in [-0.39, 0.29) is 5.69 Å². The number of rotatable bonds is 1. The molecule has 0 saturated heterocycles. The third kappa shape index (κ3) is 1.93. The van der Waals surface area contributed by atoms with Crippen molar-refractivity contribution in [3.8, 4) is 0 Å². The lowest BCUT2D eigenvalue weighted by Gasteiger charge is -1.86. The van der Waals surface area contributed by atoms with Gasteiger partial charge in [0.1, 0.15) is 0 Å². The van der Waals surface area contributed by atoms with Crippen LogP contribution >= 0.6 is 0 Å². The first kappa shape index (κ1) is 6.86. The summed E-state index contributed by atoms with van der Waals surface area (Å²) in [5.41, 5.74) is 0.249. The molecule has 1 rings (SSSR count). The number of hydrogen-bond acceptors (Lipinski definition) is 1. The average molecular weight is 140 g/mol. The SMILES string of the molecule is FC(F)=Cc1cc[c]cn1. The second-order valence-corrected chi connectivity index (χ2v) is 1.62. The van der Waals surface area contributed by atoms with Gasteiger partial charge < -0.3 is 0 Å². The van der Waals surface area contributed by atoms with Gasteiger partial charge in [0.05, 0.1) is 5.69 Å². The van der Waals surface area contributed by atoms with Gasteiger partial charge in [-0.15, -0.1) is 0 Å². The molecule has 1 radical (unpaired) electrons. The zero-order valence-electron chi connectivity index (χ0n) is 5.01. The molecule has 0 aromatic carbocycles. The normalized spacial score (nSPS) is 9.00. The van der Waals surface area contributed by atoms with Crippen molar-refractivity contribution in [3.63, 3.8) is 0 Å². The van der Waals surface area contributed by atoms with E-state index in [4.69, 9.17) is 0 Å². The summed E-state index contributed by atoms with van der Waals surface area (Å²) in [7, 11) is 0. The summed E-state index contributed by atoms with van der Waals surface area (Å²) in [6.45, 7) is 0. The van der Waals surface area contributed by atoms with E-state index in [1.807, 2.05) is 0 Å². The van der Waals surface area contributed by atoms with E-state index in [0.29, 0.717) is 6.08 Å². The standard InChI is InChI=1S/C7H4F2N/c8-7(9)5-6-3-1-2-4-10-6/h1,3-5H. The Morgan fingerprint density at radius 3 is 2.90 bits per heavy atom. The summed E-state index contributed by atoms with van der Waals surface area (Å²) in [6, 6.07) is 5.61. The molecule has 10 heavy (non-hydrogen) atoms. The maximum atomic E-state index is 11.5. The van der Waals surface area contributed by atoms with E-state index in [0.717, 1.165) is 0 Å². The summed E-state index contributed by atoms with van der Waals surface area (Å²) >= 11 is 0. The van der Waals surface area contributed by atoms with Crippen LogP contribution in [-0.2, 0) is 0 Å². The van der Waals surface area contributed by atoms with Crippen molar-refractivity contribution in [3.05, 3.63) is 36.2 Å². The van der Waals surface area contributed by atoms with Gasteiger partial charge in [-0.25, -0.2) is 0 Å². The van der Waals surface area contributed by atoms with E-state index in [1.165, 1.54) is 18.3 Å². The highest BCUT2D eigenvalue weighted by Crippen LogP contribution is 2.04. The smallest absolute Gasteiger partial charge is 0.256 e. The molecule has 0 aliphatic carbocycles. The first-order chi connectivity index (χ1) is 4.79. The number of pyridine rings is 1. The Balaban J connectivity index is 2.87. The predicted octanol–water partition coefficient (Wildman–Crippen LogP) is 2.12. The van der Waals surface area contributed by atoms with Crippen molar-refractivity contribution in [2.45, 2.75) is 0 Å². The Hall–Kier alpha value is -1.25. The van der Waals surface area contributed by atoms with Gasteiger partial charge in [-0.05, 0) is 6.07 Å². The Labute approximate surface area is 57.0 Å². The molecule has 0 aliphatic heterocycles. The zero-order chi connectivity index (χ0) is 7.40. The monoisotopic (exact) mass is 140 g/mol. The number of nitrogens with zero attached hydrogens (tertiary/aromatic N) is 1. The van der Waals surface area contributed by atoms with Crippen LogP contribution in [-0.4, -0.2) is 4.98 Å². The van der Waals surface area contributed by atoms with Crippen molar-refractivity contribution in [1.29, 1.82) is 0 Å². The van der Waals surface area contributed by atoms with Crippen molar-refractivity contribution in [2.24, 2.45) is 0 Å². The van der Waals surface area contributed by atoms with Gasteiger partial charge in [-0.2, -0.15) is 8.78 Å². The molecule has 0 aliphatic rings. The van der Waals surface area contributed by atoms with Crippen molar-refractivity contribution in [1.82, 2.24) is 4.98 Å². The lowest BCUT2D eigenvalue weighted by molar-refractivity contribution is 0.429. The summed E-state index contributed by atoms with van der Waals surface area (Å²) in [5.74, 6) is 0. The predicted molar refractivity (Wildman–Crippen MR) is 33.3 cm³/mol. The molecular weight excluding hydrogens is 136 g/mol. The lowest BCUT2D eigenvalue weighted by atomic mass is 10.3. The number of halogens is 2. The maximum absolute atomic E-state index is 11.5. The molecule has 3 heteroatoms. The van der Waals surface area contributed by atoms with Crippen LogP contribution in [0.2, 0.25) is 0 Å². The second-order valence-electron chi connectivity index (χ2n) is 1.62. The Bertz CT molecular complexity index is 227. The van der Waals surface area contributed by atoms with Crippen LogP contribution in [0.3, 0.4) is 0 Å². The Morgan fingerprint density at radius 2 is 2.40 bits per heavy atom. The van der Waals surface area contributed by atoms with E-state index in [1.54, 1.807) is 0 Å². The third-order valence-electron chi connectivity index (χ3n) is 0.895. The fourth-order valence-corrected chi connectivity index (χ4v) is 0.529. The van der Waals surface area contributed by atoms with Crippen LogP contribution in [0.1, 0.15) is 5.69 Å². The first-order valence-electron chi connectivity index (χ1n) is 2.64. The van der Waals surface area contributed by atoms with Crippen LogP contribution < -0.4 is 0 Å². The number of aromatic nitrogens is 1. The molecule has 0 fully saturated rings. The fourth-order valence-electron chi connectivity index (χ4n) is 0.529. The lowest BCUT2D eigenvalue weighted by Crippen LogP contribution is -1.76. The molecule has 0 spiro atoms. The summed E-state index contributed by atoms with van der Waals surface area (Å²) in [6.07, 6.45) is 0.307. The Kier molecular flexibility index (Phi) is 2.10. The zero-order valence-corrected chi connectivity index (χ0v) is 5.01. The van der Waals surface area contributed by atoms with Gasteiger partial charge in [-0.1, -0.05) is 6.07 Å². The van der Waals surface area contributed by atoms with Crippen LogP contribution in [0, 0.1) is 6.07 Å². The van der Waals surface area contributed by atoms with Crippen LogP contribution in [0.15, 0.2) is 24.4 Å². The van der Waals surface area contributed by atoms with E-state index in [2.05, 4.69) is 11.1 Å². The highest BCUT2D eigenvalue weighted by atomic mass is 19.3. The molecule has 1 aromatic rings. The molecule has 1 aromatic heterocycles. The highest BCUT2D eigenvalue weighted by Gasteiger charge is 1.90. The third-order valence-corrected chi connectivity index (χ3v) is 0.895. The molecule has 0 amide bonds. The minimum absolute atomic E-state index is 0.249. The maximum Gasteiger partial charge on any atom is 0.272 e. The van der Waals surface area contributed by atoms with Crippen molar-refractivity contribution >= 4 is 6.08 Å². The van der Waals surface area contributed by atoms with E-state index in [9.17, 15) is 8.78 Å². The van der Waals surface area contributed by atoms with Gasteiger partial charge in [0.25, 0.3) is 6.08 Å². The summed E-state index contributed by atoms with van der Waals surface area (Å²) in [5, 5.41) is 0. The molecule has 0 unspecified atom stereocenters. The topological polar surface area (TPSA) is 12.9 Å². The molecular formula is C7H4F2N. The molecule has 1 nitrogen and oxygen atoms in total.